The van der Waals surface area contributed by atoms with Crippen molar-refractivity contribution in [3.63, 3.8) is 0 Å². The van der Waals surface area contributed by atoms with Crippen molar-refractivity contribution in [3.05, 3.63) is 12.0 Å². The Hall–Kier alpha value is -0.400. The Kier molecular flexibility index (Phi) is 4.45. The molecule has 2 unspecified atom stereocenters. The number of rotatable bonds is 5. The van der Waals surface area contributed by atoms with E-state index in [2.05, 4.69) is 30.6 Å². The van der Waals surface area contributed by atoms with Crippen LogP contribution in [0, 0.1) is 5.92 Å². The molecule has 0 amide bonds. The summed E-state index contributed by atoms with van der Waals surface area (Å²) in [6.45, 7) is 1.93. The Labute approximate surface area is 116 Å². The topological polar surface area (TPSA) is 74.8 Å². The van der Waals surface area contributed by atoms with E-state index in [1.165, 1.54) is 6.20 Å². The predicted octanol–water partition coefficient (Wildman–Crippen LogP) is 1.81. The van der Waals surface area contributed by atoms with Crippen LogP contribution in [0.3, 0.4) is 0 Å². The van der Waals surface area contributed by atoms with Crippen LogP contribution in [-0.4, -0.2) is 29.8 Å². The molecule has 1 fully saturated rings. The highest BCUT2D eigenvalue weighted by molar-refractivity contribution is 9.09. The van der Waals surface area contributed by atoms with Crippen LogP contribution in [0.2, 0.25) is 0 Å². The number of hydrogen-bond acceptors (Lipinski definition) is 3. The number of nitrogens with zero attached hydrogens (tertiary/aromatic N) is 1. The van der Waals surface area contributed by atoms with E-state index in [-0.39, 0.29) is 11.1 Å². The summed E-state index contributed by atoms with van der Waals surface area (Å²) in [5.74, 6) is 1.08. The van der Waals surface area contributed by atoms with E-state index >= 15 is 0 Å². The SMILES string of the molecule is CCc1ncc(S(=O)(=O)NC2CCCC2CBr)[nH]1. The lowest BCUT2D eigenvalue weighted by molar-refractivity contribution is 0.483. The quantitative estimate of drug-likeness (QED) is 0.806. The number of aryl methyl sites for hydroxylation is 1. The average Bonchev–Trinajstić information content (AvgIpc) is 2.96. The Balaban J connectivity index is 2.11. The summed E-state index contributed by atoms with van der Waals surface area (Å²) in [7, 11) is -3.46. The number of nitrogens with one attached hydrogen (secondary N) is 2. The maximum Gasteiger partial charge on any atom is 0.257 e. The minimum absolute atomic E-state index is 0.0303. The van der Waals surface area contributed by atoms with Crippen LogP contribution in [0.4, 0.5) is 0 Å². The van der Waals surface area contributed by atoms with Crippen LogP contribution in [0.25, 0.3) is 0 Å². The zero-order chi connectivity index (χ0) is 13.2. The molecule has 1 aromatic heterocycles. The molecule has 1 aliphatic rings. The zero-order valence-electron chi connectivity index (χ0n) is 10.3. The molecule has 0 spiro atoms. The molecule has 1 aromatic rings. The van der Waals surface area contributed by atoms with Crippen LogP contribution < -0.4 is 4.72 Å². The Morgan fingerprint density at radius 1 is 1.56 bits per heavy atom. The lowest BCUT2D eigenvalue weighted by atomic mass is 10.1. The van der Waals surface area contributed by atoms with Crippen LogP contribution in [-0.2, 0) is 16.4 Å². The van der Waals surface area contributed by atoms with Crippen molar-refractivity contribution < 1.29 is 8.42 Å². The molecule has 0 bridgehead atoms. The third kappa shape index (κ3) is 2.95. The number of hydrogen-bond donors (Lipinski definition) is 2. The molecule has 18 heavy (non-hydrogen) atoms. The van der Waals surface area contributed by atoms with Gasteiger partial charge in [0.2, 0.25) is 0 Å². The summed E-state index contributed by atoms with van der Waals surface area (Å²) in [6.07, 6.45) is 5.14. The number of sulfonamides is 1. The van der Waals surface area contributed by atoms with Gasteiger partial charge in [0.1, 0.15) is 5.82 Å². The lowest BCUT2D eigenvalue weighted by Crippen LogP contribution is -2.38. The minimum Gasteiger partial charge on any atom is -0.332 e. The van der Waals surface area contributed by atoms with Crippen molar-refractivity contribution in [3.8, 4) is 0 Å². The van der Waals surface area contributed by atoms with E-state index < -0.39 is 10.0 Å². The molecule has 2 atom stereocenters. The molecule has 1 heterocycles. The maximum absolute atomic E-state index is 12.2. The van der Waals surface area contributed by atoms with E-state index in [4.69, 9.17) is 0 Å². The zero-order valence-corrected chi connectivity index (χ0v) is 12.7. The first kappa shape index (κ1) is 14.0. The Morgan fingerprint density at radius 2 is 2.33 bits per heavy atom. The van der Waals surface area contributed by atoms with E-state index in [0.717, 1.165) is 24.6 Å². The van der Waals surface area contributed by atoms with Crippen molar-refractivity contribution in [2.75, 3.05) is 5.33 Å². The first-order valence-electron chi connectivity index (χ1n) is 6.19. The largest absolute Gasteiger partial charge is 0.332 e. The van der Waals surface area contributed by atoms with Crippen LogP contribution in [0.15, 0.2) is 11.2 Å². The highest BCUT2D eigenvalue weighted by atomic mass is 79.9. The van der Waals surface area contributed by atoms with Gasteiger partial charge in [-0.05, 0) is 18.8 Å². The second-order valence-electron chi connectivity index (χ2n) is 4.62. The van der Waals surface area contributed by atoms with Gasteiger partial charge in [-0.15, -0.1) is 0 Å². The monoisotopic (exact) mass is 335 g/mol. The number of aromatic amines is 1. The molecule has 0 aliphatic heterocycles. The van der Waals surface area contributed by atoms with Gasteiger partial charge in [0, 0.05) is 17.8 Å². The van der Waals surface area contributed by atoms with E-state index in [1.807, 2.05) is 6.92 Å². The summed E-state index contributed by atoms with van der Waals surface area (Å²) in [5.41, 5.74) is 0. The number of alkyl halides is 1. The van der Waals surface area contributed by atoms with Crippen LogP contribution in [0.5, 0.6) is 0 Å². The van der Waals surface area contributed by atoms with Gasteiger partial charge in [-0.2, -0.15) is 0 Å². The average molecular weight is 336 g/mol. The lowest BCUT2D eigenvalue weighted by Gasteiger charge is -2.18. The van der Waals surface area contributed by atoms with E-state index in [1.54, 1.807) is 0 Å². The van der Waals surface area contributed by atoms with Crippen molar-refractivity contribution in [2.24, 2.45) is 5.92 Å². The van der Waals surface area contributed by atoms with Gasteiger partial charge in [0.15, 0.2) is 5.03 Å². The first-order chi connectivity index (χ1) is 8.56. The van der Waals surface area contributed by atoms with Gasteiger partial charge in [0.05, 0.1) is 6.20 Å². The molecule has 0 aromatic carbocycles. The number of H-pyrrole nitrogens is 1. The normalized spacial score (nSPS) is 24.6. The van der Waals surface area contributed by atoms with Gasteiger partial charge in [-0.3, -0.25) is 0 Å². The summed E-state index contributed by atoms with van der Waals surface area (Å²) in [4.78, 5) is 6.87. The molecule has 5 nitrogen and oxygen atoms in total. The maximum atomic E-state index is 12.2. The van der Waals surface area contributed by atoms with Gasteiger partial charge < -0.3 is 4.98 Å². The highest BCUT2D eigenvalue weighted by Crippen LogP contribution is 2.28. The van der Waals surface area contributed by atoms with Crippen LogP contribution in [0.1, 0.15) is 32.0 Å². The first-order valence-corrected chi connectivity index (χ1v) is 8.79. The molecule has 0 saturated heterocycles. The molecule has 1 saturated carbocycles. The summed E-state index contributed by atoms with van der Waals surface area (Å²) >= 11 is 3.44. The second-order valence-corrected chi connectivity index (χ2v) is 6.95. The van der Waals surface area contributed by atoms with E-state index in [9.17, 15) is 8.42 Å². The molecule has 102 valence electrons. The predicted molar refractivity (Wildman–Crippen MR) is 73.2 cm³/mol. The summed E-state index contributed by atoms with van der Waals surface area (Å²) in [6, 6.07) is 0.0303. The molecular formula is C11H18BrN3O2S. The third-order valence-electron chi connectivity index (χ3n) is 3.39. The molecule has 1 aliphatic carbocycles. The van der Waals surface area contributed by atoms with Gasteiger partial charge in [-0.1, -0.05) is 29.3 Å². The fraction of sp³-hybridized carbons (Fsp3) is 0.727. The Morgan fingerprint density at radius 3 is 2.94 bits per heavy atom. The molecule has 2 N–H and O–H groups in total. The third-order valence-corrected chi connectivity index (χ3v) is 5.62. The minimum atomic E-state index is -3.46. The highest BCUT2D eigenvalue weighted by Gasteiger charge is 2.31. The summed E-state index contributed by atoms with van der Waals surface area (Å²) < 4.78 is 27.1. The molecule has 7 heteroatoms. The number of halogens is 1. The van der Waals surface area contributed by atoms with Gasteiger partial charge >= 0.3 is 0 Å². The second kappa shape index (κ2) is 5.71. The molecule has 0 radical (unpaired) electrons. The number of aromatic nitrogens is 2. The molecular weight excluding hydrogens is 318 g/mol. The van der Waals surface area contributed by atoms with Crippen LogP contribution >= 0.6 is 15.9 Å². The Bertz CT molecular complexity index is 500. The standard InChI is InChI=1S/C11H18BrN3O2S/c1-2-10-13-7-11(14-10)18(16,17)15-9-5-3-4-8(9)6-12/h7-9,15H,2-6H2,1H3,(H,13,14). The van der Waals surface area contributed by atoms with Crippen molar-refractivity contribution in [1.29, 1.82) is 0 Å². The smallest absolute Gasteiger partial charge is 0.257 e. The van der Waals surface area contributed by atoms with E-state index in [0.29, 0.717) is 18.2 Å². The molecule has 2 rings (SSSR count). The van der Waals surface area contributed by atoms with Gasteiger partial charge in [0.25, 0.3) is 10.0 Å². The van der Waals surface area contributed by atoms with Gasteiger partial charge in [-0.25, -0.2) is 18.1 Å². The fourth-order valence-corrected chi connectivity index (χ4v) is 4.35. The number of imidazole rings is 1. The van der Waals surface area contributed by atoms with Crippen molar-refractivity contribution in [1.82, 2.24) is 14.7 Å². The fourth-order valence-electron chi connectivity index (χ4n) is 2.30. The summed E-state index contributed by atoms with van der Waals surface area (Å²) in [5, 5.41) is 1.00. The van der Waals surface area contributed by atoms with Crippen molar-refractivity contribution in [2.45, 2.75) is 43.7 Å². The van der Waals surface area contributed by atoms with Crippen molar-refractivity contribution >= 4 is 26.0 Å².